The highest BCUT2D eigenvalue weighted by molar-refractivity contribution is 5.81. The van der Waals surface area contributed by atoms with Gasteiger partial charge in [0.2, 0.25) is 5.91 Å². The number of likely N-dealkylation sites (tertiary alicyclic amines) is 2. The van der Waals surface area contributed by atoms with E-state index in [0.717, 1.165) is 56.8 Å². The van der Waals surface area contributed by atoms with Crippen LogP contribution in [0.4, 0.5) is 0 Å². The molecule has 1 N–H and O–H groups in total. The van der Waals surface area contributed by atoms with E-state index in [1.165, 1.54) is 0 Å². The summed E-state index contributed by atoms with van der Waals surface area (Å²) in [5.41, 5.74) is 0.0189. The van der Waals surface area contributed by atoms with Crippen LogP contribution in [0, 0.1) is 18.3 Å². The lowest BCUT2D eigenvalue weighted by Crippen LogP contribution is -2.44. The number of furan rings is 1. The van der Waals surface area contributed by atoms with Gasteiger partial charge in [-0.2, -0.15) is 0 Å². The largest absolute Gasteiger partial charge is 0.480 e. The van der Waals surface area contributed by atoms with Gasteiger partial charge >= 0.3 is 5.97 Å². The van der Waals surface area contributed by atoms with Gasteiger partial charge in [-0.15, -0.1) is 0 Å². The number of aliphatic carboxylic acids is 1. The number of carbonyl (C=O) groups excluding carboxylic acids is 1. The molecule has 136 valence electrons. The van der Waals surface area contributed by atoms with Crippen LogP contribution in [0.3, 0.4) is 0 Å². The quantitative estimate of drug-likeness (QED) is 0.905. The molecule has 2 aliphatic heterocycles. The summed E-state index contributed by atoms with van der Waals surface area (Å²) in [4.78, 5) is 28.1. The van der Waals surface area contributed by atoms with Crippen LogP contribution in [-0.4, -0.2) is 52.5 Å². The molecule has 4 rings (SSSR count). The van der Waals surface area contributed by atoms with Crippen molar-refractivity contribution in [1.82, 2.24) is 9.80 Å². The third kappa shape index (κ3) is 3.32. The number of hydrogen-bond acceptors (Lipinski definition) is 4. The first-order valence-corrected chi connectivity index (χ1v) is 9.27. The molecule has 0 bridgehead atoms. The Balaban J connectivity index is 1.42. The molecular weight excluding hydrogens is 320 g/mol. The lowest BCUT2D eigenvalue weighted by Gasteiger charge is -2.39. The molecular formula is C19H26N2O4. The first kappa shape index (κ1) is 16.6. The molecule has 0 aromatic carbocycles. The summed E-state index contributed by atoms with van der Waals surface area (Å²) in [6.07, 6.45) is 4.56. The second-order valence-corrected chi connectivity index (χ2v) is 8.08. The number of carboxylic acids is 1. The van der Waals surface area contributed by atoms with Gasteiger partial charge in [0.15, 0.2) is 0 Å². The molecule has 1 unspecified atom stereocenters. The van der Waals surface area contributed by atoms with Gasteiger partial charge in [-0.3, -0.25) is 14.5 Å². The number of rotatable bonds is 4. The van der Waals surface area contributed by atoms with Gasteiger partial charge in [-0.1, -0.05) is 0 Å². The van der Waals surface area contributed by atoms with Crippen molar-refractivity contribution in [2.45, 2.75) is 51.6 Å². The van der Waals surface area contributed by atoms with Crippen molar-refractivity contribution in [3.63, 3.8) is 0 Å². The first-order chi connectivity index (χ1) is 12.0. The minimum Gasteiger partial charge on any atom is -0.480 e. The Morgan fingerprint density at radius 2 is 2.00 bits per heavy atom. The van der Waals surface area contributed by atoms with E-state index in [4.69, 9.17) is 4.42 Å². The van der Waals surface area contributed by atoms with Gasteiger partial charge < -0.3 is 14.4 Å². The minimum absolute atomic E-state index is 0.0189. The second-order valence-electron chi connectivity index (χ2n) is 8.08. The number of carbonyl (C=O) groups is 2. The second kappa shape index (κ2) is 6.16. The molecule has 1 atom stereocenters. The van der Waals surface area contributed by atoms with Crippen molar-refractivity contribution < 1.29 is 19.1 Å². The molecule has 2 saturated heterocycles. The molecule has 3 fully saturated rings. The summed E-state index contributed by atoms with van der Waals surface area (Å²) in [6, 6.07) is 3.38. The van der Waals surface area contributed by atoms with Crippen LogP contribution < -0.4 is 0 Å². The van der Waals surface area contributed by atoms with Crippen LogP contribution in [-0.2, 0) is 16.1 Å². The normalized spacial score (nSPS) is 26.3. The smallest absolute Gasteiger partial charge is 0.320 e. The van der Waals surface area contributed by atoms with E-state index in [2.05, 4.69) is 0 Å². The molecule has 1 amide bonds. The summed E-state index contributed by atoms with van der Waals surface area (Å²) < 4.78 is 5.64. The van der Waals surface area contributed by atoms with Crippen molar-refractivity contribution in [3.05, 3.63) is 23.7 Å². The molecule has 1 aromatic heterocycles. The van der Waals surface area contributed by atoms with E-state index in [9.17, 15) is 14.7 Å². The van der Waals surface area contributed by atoms with E-state index in [-0.39, 0.29) is 11.3 Å². The van der Waals surface area contributed by atoms with E-state index in [0.29, 0.717) is 18.9 Å². The van der Waals surface area contributed by atoms with Gasteiger partial charge in [0.1, 0.15) is 17.6 Å². The average Bonchev–Trinajstić information content (AvgIpc) is 3.27. The zero-order chi connectivity index (χ0) is 17.6. The lowest BCUT2D eigenvalue weighted by atomic mass is 9.76. The minimum atomic E-state index is -0.753. The summed E-state index contributed by atoms with van der Waals surface area (Å²) in [5.74, 6) is 1.50. The van der Waals surface area contributed by atoms with Crippen LogP contribution in [0.15, 0.2) is 16.5 Å². The Kier molecular flexibility index (Phi) is 4.10. The van der Waals surface area contributed by atoms with Gasteiger partial charge in [0.05, 0.1) is 6.54 Å². The summed E-state index contributed by atoms with van der Waals surface area (Å²) >= 11 is 0. The molecule has 3 aliphatic rings. The molecule has 1 aliphatic carbocycles. The standard InChI is InChI=1S/C19H26N2O4/c1-13-2-5-15(25-13)11-21-12-19(10-16(21)18(23)24)6-8-20(9-7-19)17(22)14-3-4-14/h2,5,14,16H,3-4,6-12H2,1H3,(H,23,24). The number of nitrogens with zero attached hydrogens (tertiary/aromatic N) is 2. The Morgan fingerprint density at radius 1 is 1.28 bits per heavy atom. The molecule has 0 radical (unpaired) electrons. The third-order valence-corrected chi connectivity index (χ3v) is 6.11. The van der Waals surface area contributed by atoms with E-state index in [1.807, 2.05) is 28.9 Å². The molecule has 6 nitrogen and oxygen atoms in total. The van der Waals surface area contributed by atoms with Crippen LogP contribution in [0.5, 0.6) is 0 Å². The monoisotopic (exact) mass is 346 g/mol. The van der Waals surface area contributed by atoms with E-state index < -0.39 is 12.0 Å². The SMILES string of the molecule is Cc1ccc(CN2CC3(CCN(C(=O)C4CC4)CC3)CC2C(=O)O)o1. The lowest BCUT2D eigenvalue weighted by molar-refractivity contribution is -0.142. The van der Waals surface area contributed by atoms with Crippen LogP contribution in [0.2, 0.25) is 0 Å². The number of hydrogen-bond donors (Lipinski definition) is 1. The maximum atomic E-state index is 12.3. The summed E-state index contributed by atoms with van der Waals surface area (Å²) in [6.45, 7) is 4.76. The van der Waals surface area contributed by atoms with Crippen molar-refractivity contribution >= 4 is 11.9 Å². The van der Waals surface area contributed by atoms with Crippen molar-refractivity contribution in [1.29, 1.82) is 0 Å². The number of piperidine rings is 1. The molecule has 25 heavy (non-hydrogen) atoms. The fourth-order valence-electron chi connectivity index (χ4n) is 4.48. The molecule has 1 saturated carbocycles. The number of aryl methyl sites for hydroxylation is 1. The van der Waals surface area contributed by atoms with E-state index in [1.54, 1.807) is 0 Å². The van der Waals surface area contributed by atoms with Gasteiger partial charge in [0, 0.05) is 25.6 Å². The maximum absolute atomic E-state index is 12.3. The van der Waals surface area contributed by atoms with Gasteiger partial charge in [0.25, 0.3) is 0 Å². The highest BCUT2D eigenvalue weighted by atomic mass is 16.4. The highest BCUT2D eigenvalue weighted by Gasteiger charge is 2.49. The molecule has 3 heterocycles. The van der Waals surface area contributed by atoms with Crippen molar-refractivity contribution in [3.8, 4) is 0 Å². The zero-order valence-electron chi connectivity index (χ0n) is 14.7. The Hall–Kier alpha value is -1.82. The average molecular weight is 346 g/mol. The number of carboxylic acid groups (broad SMARTS) is 1. The highest BCUT2D eigenvalue weighted by Crippen LogP contribution is 2.45. The van der Waals surface area contributed by atoms with Crippen LogP contribution >= 0.6 is 0 Å². The van der Waals surface area contributed by atoms with Crippen molar-refractivity contribution in [2.24, 2.45) is 11.3 Å². The molecule has 6 heteroatoms. The Morgan fingerprint density at radius 3 is 2.56 bits per heavy atom. The third-order valence-electron chi connectivity index (χ3n) is 6.11. The van der Waals surface area contributed by atoms with Gasteiger partial charge in [-0.05, 0) is 56.6 Å². The Bertz CT molecular complexity index is 671. The topological polar surface area (TPSA) is 74.0 Å². The first-order valence-electron chi connectivity index (χ1n) is 9.27. The van der Waals surface area contributed by atoms with Crippen LogP contribution in [0.1, 0.15) is 43.6 Å². The predicted molar refractivity (Wildman–Crippen MR) is 90.9 cm³/mol. The van der Waals surface area contributed by atoms with E-state index >= 15 is 0 Å². The fourth-order valence-corrected chi connectivity index (χ4v) is 4.48. The van der Waals surface area contributed by atoms with Crippen LogP contribution in [0.25, 0.3) is 0 Å². The number of amides is 1. The molecule has 1 aromatic rings. The summed E-state index contributed by atoms with van der Waals surface area (Å²) in [5, 5.41) is 9.67. The molecule has 1 spiro atoms. The Labute approximate surface area is 147 Å². The fraction of sp³-hybridized carbons (Fsp3) is 0.684. The van der Waals surface area contributed by atoms with Crippen molar-refractivity contribution in [2.75, 3.05) is 19.6 Å². The van der Waals surface area contributed by atoms with Gasteiger partial charge in [-0.25, -0.2) is 0 Å². The predicted octanol–water partition coefficient (Wildman–Crippen LogP) is 2.27. The maximum Gasteiger partial charge on any atom is 0.320 e. The summed E-state index contributed by atoms with van der Waals surface area (Å²) in [7, 11) is 0. The zero-order valence-corrected chi connectivity index (χ0v) is 14.7.